The molecule has 3 aromatic rings. The van der Waals surface area contributed by atoms with Crippen LogP contribution in [0.15, 0.2) is 55.0 Å². The number of pyridine rings is 2. The van der Waals surface area contributed by atoms with Crippen LogP contribution in [0.25, 0.3) is 10.9 Å². The van der Waals surface area contributed by atoms with Crippen molar-refractivity contribution in [2.24, 2.45) is 5.92 Å². The zero-order valence-corrected chi connectivity index (χ0v) is 14.0. The van der Waals surface area contributed by atoms with E-state index >= 15 is 0 Å². The SMILES string of the molecule is O=C(N[C@@H](c1cnc2ccccc2c1)C1CC(O)C1)c1cncc(F)c1. The molecule has 132 valence electrons. The van der Waals surface area contributed by atoms with E-state index in [4.69, 9.17) is 0 Å². The summed E-state index contributed by atoms with van der Waals surface area (Å²) in [6.45, 7) is 0. The van der Waals surface area contributed by atoms with Gasteiger partial charge in [0.25, 0.3) is 5.91 Å². The lowest BCUT2D eigenvalue weighted by Crippen LogP contribution is -2.41. The average Bonchev–Trinajstić information content (AvgIpc) is 2.63. The van der Waals surface area contributed by atoms with Crippen molar-refractivity contribution in [3.05, 3.63) is 71.9 Å². The molecule has 1 aliphatic carbocycles. The van der Waals surface area contributed by atoms with Crippen LogP contribution in [0.1, 0.15) is 34.8 Å². The van der Waals surface area contributed by atoms with Crippen molar-refractivity contribution < 1.29 is 14.3 Å². The largest absolute Gasteiger partial charge is 0.393 e. The van der Waals surface area contributed by atoms with Crippen molar-refractivity contribution in [3.63, 3.8) is 0 Å². The number of benzene rings is 1. The standard InChI is InChI=1S/C20H18FN3O2/c21-16-6-15(9-22-11-16)20(26)24-19(13-7-17(25)8-13)14-5-12-3-1-2-4-18(12)23-10-14/h1-6,9-11,13,17,19,25H,7-8H2,(H,24,26)/t13?,17?,19-/m1/s1. The first-order valence-corrected chi connectivity index (χ1v) is 8.54. The van der Waals surface area contributed by atoms with E-state index in [0.29, 0.717) is 12.8 Å². The highest BCUT2D eigenvalue weighted by atomic mass is 19.1. The number of carbonyl (C=O) groups excluding carboxylic acids is 1. The lowest BCUT2D eigenvalue weighted by molar-refractivity contribution is 0.0235. The number of hydrogen-bond acceptors (Lipinski definition) is 4. The van der Waals surface area contributed by atoms with Gasteiger partial charge in [-0.25, -0.2) is 4.39 Å². The van der Waals surface area contributed by atoms with Crippen LogP contribution in [0.2, 0.25) is 0 Å². The third kappa shape index (κ3) is 3.28. The molecule has 5 nitrogen and oxygen atoms in total. The van der Waals surface area contributed by atoms with E-state index in [0.717, 1.165) is 28.7 Å². The molecule has 0 radical (unpaired) electrons. The summed E-state index contributed by atoms with van der Waals surface area (Å²) in [5.74, 6) is -0.837. The minimum Gasteiger partial charge on any atom is -0.393 e. The fourth-order valence-corrected chi connectivity index (χ4v) is 3.39. The summed E-state index contributed by atoms with van der Waals surface area (Å²) < 4.78 is 13.4. The molecule has 1 aliphatic rings. The van der Waals surface area contributed by atoms with E-state index in [1.807, 2.05) is 30.3 Å². The number of carbonyl (C=O) groups is 1. The van der Waals surface area contributed by atoms with Gasteiger partial charge in [-0.2, -0.15) is 0 Å². The van der Waals surface area contributed by atoms with E-state index in [-0.39, 0.29) is 23.6 Å². The van der Waals surface area contributed by atoms with Gasteiger partial charge in [-0.05, 0) is 42.5 Å². The molecule has 0 bridgehead atoms. The highest BCUT2D eigenvalue weighted by Gasteiger charge is 2.36. The van der Waals surface area contributed by atoms with Gasteiger partial charge >= 0.3 is 0 Å². The summed E-state index contributed by atoms with van der Waals surface area (Å²) in [5, 5.41) is 13.6. The van der Waals surface area contributed by atoms with Gasteiger partial charge in [0.05, 0.1) is 29.4 Å². The van der Waals surface area contributed by atoms with Gasteiger partial charge in [0.15, 0.2) is 0 Å². The molecule has 1 saturated carbocycles. The number of aliphatic hydroxyl groups excluding tert-OH is 1. The predicted octanol–water partition coefficient (Wildman–Crippen LogP) is 3.01. The fourth-order valence-electron chi connectivity index (χ4n) is 3.39. The minimum absolute atomic E-state index is 0.110. The van der Waals surface area contributed by atoms with Gasteiger partial charge in [0, 0.05) is 17.8 Å². The number of hydrogen-bond donors (Lipinski definition) is 2. The summed E-state index contributed by atoms with van der Waals surface area (Å²) in [4.78, 5) is 20.8. The van der Waals surface area contributed by atoms with E-state index in [9.17, 15) is 14.3 Å². The Morgan fingerprint density at radius 2 is 2.00 bits per heavy atom. The highest BCUT2D eigenvalue weighted by Crippen LogP contribution is 2.38. The molecule has 0 spiro atoms. The second-order valence-electron chi connectivity index (χ2n) is 6.69. The molecular weight excluding hydrogens is 333 g/mol. The monoisotopic (exact) mass is 351 g/mol. The summed E-state index contributed by atoms with van der Waals surface area (Å²) in [7, 11) is 0. The van der Waals surface area contributed by atoms with Crippen molar-refractivity contribution in [2.75, 3.05) is 0 Å². The number of aromatic nitrogens is 2. The van der Waals surface area contributed by atoms with Crippen LogP contribution in [0, 0.1) is 11.7 Å². The Labute approximate surface area is 149 Å². The quantitative estimate of drug-likeness (QED) is 0.758. The molecule has 1 fully saturated rings. The molecule has 2 N–H and O–H groups in total. The number of para-hydroxylation sites is 1. The van der Waals surface area contributed by atoms with Crippen molar-refractivity contribution in [1.29, 1.82) is 0 Å². The van der Waals surface area contributed by atoms with Crippen LogP contribution in [-0.2, 0) is 0 Å². The van der Waals surface area contributed by atoms with Gasteiger partial charge < -0.3 is 10.4 Å². The Hall–Kier alpha value is -2.86. The minimum atomic E-state index is -0.555. The summed E-state index contributed by atoms with van der Waals surface area (Å²) in [6.07, 6.45) is 5.02. The molecule has 1 aromatic carbocycles. The average molecular weight is 351 g/mol. The molecule has 6 heteroatoms. The first kappa shape index (κ1) is 16.6. The molecule has 2 heterocycles. The van der Waals surface area contributed by atoms with Crippen molar-refractivity contribution in [2.45, 2.75) is 25.0 Å². The van der Waals surface area contributed by atoms with E-state index in [1.165, 1.54) is 6.20 Å². The summed E-state index contributed by atoms with van der Waals surface area (Å²) in [5.41, 5.74) is 1.92. The maximum Gasteiger partial charge on any atom is 0.253 e. The summed E-state index contributed by atoms with van der Waals surface area (Å²) >= 11 is 0. The van der Waals surface area contributed by atoms with Crippen LogP contribution < -0.4 is 5.32 Å². The molecule has 0 aliphatic heterocycles. The smallest absolute Gasteiger partial charge is 0.253 e. The van der Waals surface area contributed by atoms with Gasteiger partial charge in [-0.3, -0.25) is 14.8 Å². The maximum absolute atomic E-state index is 13.4. The number of rotatable bonds is 4. The third-order valence-corrected chi connectivity index (χ3v) is 4.85. The van der Waals surface area contributed by atoms with Crippen LogP contribution in [-0.4, -0.2) is 27.1 Å². The Balaban J connectivity index is 1.64. The van der Waals surface area contributed by atoms with Crippen LogP contribution >= 0.6 is 0 Å². The molecule has 0 saturated heterocycles. The van der Waals surface area contributed by atoms with E-state index in [1.54, 1.807) is 6.20 Å². The van der Waals surface area contributed by atoms with E-state index in [2.05, 4.69) is 15.3 Å². The molecule has 1 amide bonds. The Kier molecular flexibility index (Phi) is 4.34. The first-order valence-electron chi connectivity index (χ1n) is 8.54. The Morgan fingerprint density at radius 3 is 2.77 bits per heavy atom. The van der Waals surface area contributed by atoms with Crippen molar-refractivity contribution in [1.82, 2.24) is 15.3 Å². The van der Waals surface area contributed by atoms with E-state index < -0.39 is 11.7 Å². The molecule has 0 unspecified atom stereocenters. The van der Waals surface area contributed by atoms with Gasteiger partial charge in [0.2, 0.25) is 0 Å². The van der Waals surface area contributed by atoms with Crippen LogP contribution in [0.4, 0.5) is 4.39 Å². The Morgan fingerprint density at radius 1 is 1.19 bits per heavy atom. The third-order valence-electron chi connectivity index (χ3n) is 4.85. The molecule has 2 aromatic heterocycles. The number of halogens is 1. The Bertz CT molecular complexity index is 956. The van der Waals surface area contributed by atoms with Crippen molar-refractivity contribution >= 4 is 16.8 Å². The lowest BCUT2D eigenvalue weighted by atomic mass is 9.75. The van der Waals surface area contributed by atoms with Gasteiger partial charge in [0.1, 0.15) is 5.82 Å². The summed E-state index contributed by atoms with van der Waals surface area (Å²) in [6, 6.07) is 10.6. The molecule has 4 rings (SSSR count). The number of aliphatic hydroxyl groups is 1. The van der Waals surface area contributed by atoms with Crippen molar-refractivity contribution in [3.8, 4) is 0 Å². The number of amides is 1. The lowest BCUT2D eigenvalue weighted by Gasteiger charge is -2.38. The molecule has 1 atom stereocenters. The van der Waals surface area contributed by atoms with Gasteiger partial charge in [-0.1, -0.05) is 18.2 Å². The zero-order valence-electron chi connectivity index (χ0n) is 14.0. The van der Waals surface area contributed by atoms with Crippen LogP contribution in [0.5, 0.6) is 0 Å². The zero-order chi connectivity index (χ0) is 18.1. The normalized spacial score (nSPS) is 20.4. The van der Waals surface area contributed by atoms with Gasteiger partial charge in [-0.15, -0.1) is 0 Å². The topological polar surface area (TPSA) is 75.1 Å². The maximum atomic E-state index is 13.4. The number of nitrogens with zero attached hydrogens (tertiary/aromatic N) is 2. The number of nitrogens with one attached hydrogen (secondary N) is 1. The molecule has 26 heavy (non-hydrogen) atoms. The second-order valence-corrected chi connectivity index (χ2v) is 6.69. The fraction of sp³-hybridized carbons (Fsp3) is 0.250. The second kappa shape index (κ2) is 6.80. The number of fused-ring (bicyclic) bond motifs is 1. The predicted molar refractivity (Wildman–Crippen MR) is 94.9 cm³/mol. The molecular formula is C20H18FN3O2. The highest BCUT2D eigenvalue weighted by molar-refractivity contribution is 5.94. The first-order chi connectivity index (χ1) is 12.6. The van der Waals surface area contributed by atoms with Crippen LogP contribution in [0.3, 0.4) is 0 Å².